The lowest BCUT2D eigenvalue weighted by Gasteiger charge is -2.23. The third kappa shape index (κ3) is 1.24. The van der Waals surface area contributed by atoms with E-state index in [1.54, 1.807) is 0 Å². The summed E-state index contributed by atoms with van der Waals surface area (Å²) in [5, 5.41) is 0. The molecule has 0 radical (unpaired) electrons. The highest BCUT2D eigenvalue weighted by Gasteiger charge is 2.19. The van der Waals surface area contributed by atoms with Gasteiger partial charge in [0.15, 0.2) is 0 Å². The Kier molecular flexibility index (Phi) is 2.09. The minimum atomic E-state index is 0.473. The normalized spacial score (nSPS) is 21.3. The van der Waals surface area contributed by atoms with E-state index in [-0.39, 0.29) is 0 Å². The molecular weight excluding hydrogens is 216 g/mol. The summed E-state index contributed by atoms with van der Waals surface area (Å²) in [7, 11) is 0. The van der Waals surface area contributed by atoms with Gasteiger partial charge in [0.25, 0.3) is 0 Å². The molecule has 2 rings (SSSR count). The van der Waals surface area contributed by atoms with Crippen LogP contribution < -0.4 is 4.74 Å². The first-order valence-corrected chi connectivity index (χ1v) is 5.07. The summed E-state index contributed by atoms with van der Waals surface area (Å²) in [6, 6.07) is 6.29. The molecule has 0 saturated heterocycles. The second kappa shape index (κ2) is 3.09. The van der Waals surface area contributed by atoms with Gasteiger partial charge in [-0.2, -0.15) is 0 Å². The van der Waals surface area contributed by atoms with Crippen LogP contribution in [0.1, 0.15) is 22.4 Å². The van der Waals surface area contributed by atoms with Crippen LogP contribution in [-0.2, 0) is 0 Å². The number of rotatable bonds is 0. The second-order valence-electron chi connectivity index (χ2n) is 3.10. The predicted molar refractivity (Wildman–Crippen MR) is 53.0 cm³/mol. The fourth-order valence-corrected chi connectivity index (χ4v) is 2.09. The number of ether oxygens (including phenoxy) is 1. The first-order valence-electron chi connectivity index (χ1n) is 4.15. The lowest BCUT2D eigenvalue weighted by Crippen LogP contribution is -2.11. The van der Waals surface area contributed by atoms with Crippen molar-refractivity contribution in [3.05, 3.63) is 29.3 Å². The third-order valence-corrected chi connectivity index (χ3v) is 3.15. The second-order valence-corrected chi connectivity index (χ2v) is 4.20. The minimum Gasteiger partial charge on any atom is -0.493 e. The Hall–Kier alpha value is -0.500. The van der Waals surface area contributed by atoms with Crippen molar-refractivity contribution in [3.8, 4) is 5.75 Å². The summed E-state index contributed by atoms with van der Waals surface area (Å²) in [6.45, 7) is 2.91. The van der Waals surface area contributed by atoms with E-state index in [2.05, 4.69) is 41.1 Å². The molecule has 1 aromatic carbocycles. The number of para-hydroxylation sites is 1. The van der Waals surface area contributed by atoms with Crippen LogP contribution in [0.5, 0.6) is 5.75 Å². The van der Waals surface area contributed by atoms with E-state index in [1.807, 2.05) is 0 Å². The summed E-state index contributed by atoms with van der Waals surface area (Å²) in [4.78, 5) is 0.473. The van der Waals surface area contributed by atoms with Crippen molar-refractivity contribution in [3.63, 3.8) is 0 Å². The van der Waals surface area contributed by atoms with Crippen molar-refractivity contribution >= 4 is 15.9 Å². The Labute approximate surface area is 80.9 Å². The van der Waals surface area contributed by atoms with Crippen LogP contribution >= 0.6 is 15.9 Å². The van der Waals surface area contributed by atoms with E-state index < -0.39 is 0 Å². The van der Waals surface area contributed by atoms with E-state index in [1.165, 1.54) is 11.1 Å². The van der Waals surface area contributed by atoms with Crippen LogP contribution in [-0.4, -0.2) is 6.61 Å². The summed E-state index contributed by atoms with van der Waals surface area (Å²) in [5.74, 6) is 1.07. The fourth-order valence-electron chi connectivity index (χ4n) is 1.54. The highest BCUT2D eigenvalue weighted by Crippen LogP contribution is 2.39. The molecule has 1 heterocycles. The number of alkyl halides is 1. The summed E-state index contributed by atoms with van der Waals surface area (Å²) in [5.41, 5.74) is 2.53. The molecule has 0 saturated carbocycles. The SMILES string of the molecule is Cc1cccc2c1OCCC2Br. The zero-order chi connectivity index (χ0) is 8.55. The average Bonchev–Trinajstić information content (AvgIpc) is 2.07. The van der Waals surface area contributed by atoms with Crippen molar-refractivity contribution in [2.24, 2.45) is 0 Å². The molecule has 1 atom stereocenters. The van der Waals surface area contributed by atoms with Crippen molar-refractivity contribution < 1.29 is 4.74 Å². The molecule has 0 N–H and O–H groups in total. The van der Waals surface area contributed by atoms with Gasteiger partial charge in [0.2, 0.25) is 0 Å². The van der Waals surface area contributed by atoms with Crippen LogP contribution in [0.4, 0.5) is 0 Å². The van der Waals surface area contributed by atoms with E-state index in [0.29, 0.717) is 4.83 Å². The summed E-state index contributed by atoms with van der Waals surface area (Å²) < 4.78 is 5.59. The van der Waals surface area contributed by atoms with E-state index >= 15 is 0 Å². The van der Waals surface area contributed by atoms with Crippen molar-refractivity contribution in [2.75, 3.05) is 6.61 Å². The Morgan fingerprint density at radius 3 is 3.08 bits per heavy atom. The van der Waals surface area contributed by atoms with Crippen LogP contribution in [0, 0.1) is 6.92 Å². The Balaban J connectivity index is 2.52. The number of aryl methyl sites for hydroxylation is 1. The first kappa shape index (κ1) is 8.11. The molecule has 0 bridgehead atoms. The maximum Gasteiger partial charge on any atom is 0.126 e. The van der Waals surface area contributed by atoms with Crippen LogP contribution in [0.3, 0.4) is 0 Å². The fraction of sp³-hybridized carbons (Fsp3) is 0.400. The largest absolute Gasteiger partial charge is 0.493 e. The molecule has 2 heteroatoms. The molecule has 64 valence electrons. The van der Waals surface area contributed by atoms with E-state index in [9.17, 15) is 0 Å². The van der Waals surface area contributed by atoms with E-state index in [4.69, 9.17) is 4.74 Å². The van der Waals surface area contributed by atoms with Gasteiger partial charge in [-0.25, -0.2) is 0 Å². The van der Waals surface area contributed by atoms with E-state index in [0.717, 1.165) is 18.8 Å². The highest BCUT2D eigenvalue weighted by atomic mass is 79.9. The van der Waals surface area contributed by atoms with Crippen molar-refractivity contribution in [2.45, 2.75) is 18.2 Å². The van der Waals surface area contributed by atoms with Crippen LogP contribution in [0.2, 0.25) is 0 Å². The maximum absolute atomic E-state index is 5.59. The Morgan fingerprint density at radius 1 is 1.50 bits per heavy atom. The number of hydrogen-bond acceptors (Lipinski definition) is 1. The van der Waals surface area contributed by atoms with Crippen molar-refractivity contribution in [1.82, 2.24) is 0 Å². The zero-order valence-corrected chi connectivity index (χ0v) is 8.60. The number of fused-ring (bicyclic) bond motifs is 1. The molecule has 12 heavy (non-hydrogen) atoms. The molecule has 1 aliphatic rings. The first-order chi connectivity index (χ1) is 5.79. The molecule has 0 spiro atoms. The predicted octanol–water partition coefficient (Wildman–Crippen LogP) is 3.21. The standard InChI is InChI=1S/C10H11BrO/c1-7-3-2-4-8-9(11)5-6-12-10(7)8/h2-4,9H,5-6H2,1H3. The van der Waals surface area contributed by atoms with Gasteiger partial charge in [0, 0.05) is 10.4 Å². The number of hydrogen-bond donors (Lipinski definition) is 0. The number of benzene rings is 1. The van der Waals surface area contributed by atoms with Crippen LogP contribution in [0.15, 0.2) is 18.2 Å². The lowest BCUT2D eigenvalue weighted by molar-refractivity contribution is 0.285. The molecule has 0 fully saturated rings. The molecule has 0 amide bonds. The molecule has 1 nitrogen and oxygen atoms in total. The Morgan fingerprint density at radius 2 is 2.33 bits per heavy atom. The quantitative estimate of drug-likeness (QED) is 0.618. The van der Waals surface area contributed by atoms with Gasteiger partial charge in [-0.1, -0.05) is 34.1 Å². The molecule has 1 aliphatic heterocycles. The van der Waals surface area contributed by atoms with Gasteiger partial charge < -0.3 is 4.74 Å². The van der Waals surface area contributed by atoms with Gasteiger partial charge in [-0.05, 0) is 18.9 Å². The number of halogens is 1. The summed E-state index contributed by atoms with van der Waals surface area (Å²) >= 11 is 3.64. The van der Waals surface area contributed by atoms with Crippen molar-refractivity contribution in [1.29, 1.82) is 0 Å². The van der Waals surface area contributed by atoms with Gasteiger partial charge >= 0.3 is 0 Å². The highest BCUT2D eigenvalue weighted by molar-refractivity contribution is 9.09. The zero-order valence-electron chi connectivity index (χ0n) is 7.01. The molecule has 1 unspecified atom stereocenters. The minimum absolute atomic E-state index is 0.473. The van der Waals surface area contributed by atoms with Crippen LogP contribution in [0.25, 0.3) is 0 Å². The molecule has 0 aromatic heterocycles. The topological polar surface area (TPSA) is 9.23 Å². The lowest BCUT2D eigenvalue weighted by atomic mass is 10.0. The van der Waals surface area contributed by atoms with Gasteiger partial charge in [0.05, 0.1) is 6.61 Å². The third-order valence-electron chi connectivity index (χ3n) is 2.20. The van der Waals surface area contributed by atoms with Gasteiger partial charge in [-0.3, -0.25) is 0 Å². The average molecular weight is 227 g/mol. The molecule has 0 aliphatic carbocycles. The summed E-state index contributed by atoms with van der Waals surface area (Å²) in [6.07, 6.45) is 1.07. The Bertz CT molecular complexity index is 296. The molecule has 1 aromatic rings. The van der Waals surface area contributed by atoms with Gasteiger partial charge in [-0.15, -0.1) is 0 Å². The maximum atomic E-state index is 5.59. The molecular formula is C10H11BrO. The smallest absolute Gasteiger partial charge is 0.126 e. The van der Waals surface area contributed by atoms with Gasteiger partial charge in [0.1, 0.15) is 5.75 Å². The monoisotopic (exact) mass is 226 g/mol.